The van der Waals surface area contributed by atoms with Crippen LogP contribution in [0.1, 0.15) is 39.5 Å². The van der Waals surface area contributed by atoms with E-state index in [4.69, 9.17) is 0 Å². The van der Waals surface area contributed by atoms with E-state index in [2.05, 4.69) is 35.1 Å². The number of halogens is 2. The van der Waals surface area contributed by atoms with Crippen LogP contribution in [0.2, 0.25) is 0 Å². The quantitative estimate of drug-likeness (QED) is 0.834. The van der Waals surface area contributed by atoms with Gasteiger partial charge in [0.15, 0.2) is 0 Å². The standard InChI is InChI=1S/C15H19BrFNO/c1-15(2)8-4-3-5-11(15)14(19)18-10-6-7-12(16)13(17)9-10/h6-7,9,11H,3-5,8H2,1-2H3,(H,18,19). The summed E-state index contributed by atoms with van der Waals surface area (Å²) in [5.41, 5.74) is 0.544. The summed E-state index contributed by atoms with van der Waals surface area (Å²) in [5, 5.41) is 2.84. The first kappa shape index (κ1) is 14.5. The van der Waals surface area contributed by atoms with E-state index in [1.165, 1.54) is 12.5 Å². The average molecular weight is 328 g/mol. The highest BCUT2D eigenvalue weighted by molar-refractivity contribution is 9.10. The molecule has 104 valence electrons. The molecule has 0 aliphatic heterocycles. The molecule has 1 N–H and O–H groups in total. The van der Waals surface area contributed by atoms with Crippen LogP contribution in [0.3, 0.4) is 0 Å². The molecule has 2 rings (SSSR count). The van der Waals surface area contributed by atoms with Crippen molar-refractivity contribution in [3.05, 3.63) is 28.5 Å². The molecule has 1 aliphatic rings. The van der Waals surface area contributed by atoms with Gasteiger partial charge < -0.3 is 5.32 Å². The third kappa shape index (κ3) is 3.35. The summed E-state index contributed by atoms with van der Waals surface area (Å²) >= 11 is 3.10. The summed E-state index contributed by atoms with van der Waals surface area (Å²) in [6.07, 6.45) is 4.26. The number of benzene rings is 1. The molecule has 19 heavy (non-hydrogen) atoms. The van der Waals surface area contributed by atoms with Gasteiger partial charge in [0.25, 0.3) is 0 Å². The first-order valence-corrected chi connectivity index (χ1v) is 7.45. The maximum Gasteiger partial charge on any atom is 0.228 e. The summed E-state index contributed by atoms with van der Waals surface area (Å²) in [6, 6.07) is 4.66. The van der Waals surface area contributed by atoms with E-state index in [1.807, 2.05) is 0 Å². The molecule has 1 fully saturated rings. The number of amides is 1. The summed E-state index contributed by atoms with van der Waals surface area (Å²) in [7, 11) is 0. The van der Waals surface area contributed by atoms with E-state index in [0.29, 0.717) is 10.2 Å². The Balaban J connectivity index is 2.09. The van der Waals surface area contributed by atoms with Gasteiger partial charge in [-0.3, -0.25) is 4.79 Å². The minimum absolute atomic E-state index is 0.00595. The normalized spacial score (nSPS) is 22.0. The van der Waals surface area contributed by atoms with Gasteiger partial charge >= 0.3 is 0 Å². The molecule has 0 heterocycles. The maximum atomic E-state index is 13.4. The first-order valence-electron chi connectivity index (χ1n) is 6.66. The van der Waals surface area contributed by atoms with Crippen molar-refractivity contribution in [1.82, 2.24) is 0 Å². The molecule has 1 atom stereocenters. The zero-order chi connectivity index (χ0) is 14.0. The predicted molar refractivity (Wildman–Crippen MR) is 78.5 cm³/mol. The van der Waals surface area contributed by atoms with Crippen molar-refractivity contribution in [1.29, 1.82) is 0 Å². The summed E-state index contributed by atoms with van der Waals surface area (Å²) in [6.45, 7) is 4.27. The molecule has 4 heteroatoms. The second-order valence-electron chi connectivity index (χ2n) is 5.91. The van der Waals surface area contributed by atoms with Crippen molar-refractivity contribution in [3.63, 3.8) is 0 Å². The van der Waals surface area contributed by atoms with Crippen LogP contribution in [0, 0.1) is 17.2 Å². The van der Waals surface area contributed by atoms with Crippen LogP contribution in [0.15, 0.2) is 22.7 Å². The van der Waals surface area contributed by atoms with Crippen LogP contribution in [0.25, 0.3) is 0 Å². The van der Waals surface area contributed by atoms with E-state index in [9.17, 15) is 9.18 Å². The molecule has 1 aromatic rings. The summed E-state index contributed by atoms with van der Waals surface area (Å²) in [5.74, 6) is -0.347. The first-order chi connectivity index (χ1) is 8.90. The number of carbonyl (C=O) groups excluding carboxylic acids is 1. The van der Waals surface area contributed by atoms with Gasteiger partial charge in [0, 0.05) is 11.6 Å². The van der Waals surface area contributed by atoms with Gasteiger partial charge in [-0.05, 0) is 52.4 Å². The fourth-order valence-corrected chi connectivity index (χ4v) is 3.03. The Hall–Kier alpha value is -0.900. The lowest BCUT2D eigenvalue weighted by Gasteiger charge is -2.37. The average Bonchev–Trinajstić information content (AvgIpc) is 2.33. The molecule has 0 saturated heterocycles. The highest BCUT2D eigenvalue weighted by atomic mass is 79.9. The molecule has 0 spiro atoms. The van der Waals surface area contributed by atoms with Crippen molar-refractivity contribution in [2.75, 3.05) is 5.32 Å². The van der Waals surface area contributed by atoms with Crippen molar-refractivity contribution in [2.45, 2.75) is 39.5 Å². The predicted octanol–water partition coefficient (Wildman–Crippen LogP) is 4.74. The van der Waals surface area contributed by atoms with Crippen LogP contribution in [-0.2, 0) is 4.79 Å². The Bertz CT molecular complexity index is 487. The second kappa shape index (κ2) is 5.61. The number of hydrogen-bond donors (Lipinski definition) is 1. The molecule has 1 amide bonds. The molecule has 1 aliphatic carbocycles. The van der Waals surface area contributed by atoms with Crippen LogP contribution in [0.4, 0.5) is 10.1 Å². The number of nitrogens with one attached hydrogen (secondary N) is 1. The third-order valence-electron chi connectivity index (χ3n) is 4.01. The van der Waals surface area contributed by atoms with Crippen LogP contribution >= 0.6 is 15.9 Å². The molecular weight excluding hydrogens is 309 g/mol. The van der Waals surface area contributed by atoms with E-state index in [-0.39, 0.29) is 23.1 Å². The van der Waals surface area contributed by atoms with E-state index >= 15 is 0 Å². The zero-order valence-electron chi connectivity index (χ0n) is 11.3. The fourth-order valence-electron chi connectivity index (χ4n) is 2.78. The lowest BCUT2D eigenvalue weighted by Crippen LogP contribution is -2.37. The topological polar surface area (TPSA) is 29.1 Å². The van der Waals surface area contributed by atoms with Crippen molar-refractivity contribution < 1.29 is 9.18 Å². The molecule has 0 aromatic heterocycles. The van der Waals surface area contributed by atoms with Gasteiger partial charge in [0.2, 0.25) is 5.91 Å². The van der Waals surface area contributed by atoms with Gasteiger partial charge in [-0.15, -0.1) is 0 Å². The fraction of sp³-hybridized carbons (Fsp3) is 0.533. The lowest BCUT2D eigenvalue weighted by molar-refractivity contribution is -0.124. The third-order valence-corrected chi connectivity index (χ3v) is 4.65. The Labute approximate surface area is 121 Å². The van der Waals surface area contributed by atoms with E-state index in [0.717, 1.165) is 19.3 Å². The zero-order valence-corrected chi connectivity index (χ0v) is 12.9. The van der Waals surface area contributed by atoms with Gasteiger partial charge in [0.05, 0.1) is 4.47 Å². The highest BCUT2D eigenvalue weighted by Gasteiger charge is 2.37. The molecule has 2 nitrogen and oxygen atoms in total. The molecule has 1 saturated carbocycles. The van der Waals surface area contributed by atoms with Crippen LogP contribution in [-0.4, -0.2) is 5.91 Å². The minimum Gasteiger partial charge on any atom is -0.326 e. The monoisotopic (exact) mass is 327 g/mol. The van der Waals surface area contributed by atoms with Crippen molar-refractivity contribution in [3.8, 4) is 0 Å². The smallest absolute Gasteiger partial charge is 0.228 e. The second-order valence-corrected chi connectivity index (χ2v) is 6.76. The van der Waals surface area contributed by atoms with E-state index in [1.54, 1.807) is 12.1 Å². The SMILES string of the molecule is CC1(C)CCCCC1C(=O)Nc1ccc(Br)c(F)c1. The molecular formula is C15H19BrFNO. The Morgan fingerprint density at radius 2 is 2.16 bits per heavy atom. The van der Waals surface area contributed by atoms with Crippen molar-refractivity contribution >= 4 is 27.5 Å². The summed E-state index contributed by atoms with van der Waals surface area (Å²) in [4.78, 5) is 12.3. The maximum absolute atomic E-state index is 13.4. The highest BCUT2D eigenvalue weighted by Crippen LogP contribution is 2.41. The van der Waals surface area contributed by atoms with Gasteiger partial charge in [-0.25, -0.2) is 4.39 Å². The minimum atomic E-state index is -0.360. The number of anilines is 1. The van der Waals surface area contributed by atoms with Crippen LogP contribution < -0.4 is 5.32 Å². The largest absolute Gasteiger partial charge is 0.326 e. The van der Waals surface area contributed by atoms with Gasteiger partial charge in [-0.2, -0.15) is 0 Å². The van der Waals surface area contributed by atoms with E-state index < -0.39 is 0 Å². The van der Waals surface area contributed by atoms with Gasteiger partial charge in [0.1, 0.15) is 5.82 Å². The number of carbonyl (C=O) groups is 1. The molecule has 1 unspecified atom stereocenters. The summed E-state index contributed by atoms with van der Waals surface area (Å²) < 4.78 is 13.8. The van der Waals surface area contributed by atoms with Crippen molar-refractivity contribution in [2.24, 2.45) is 11.3 Å². The lowest BCUT2D eigenvalue weighted by atomic mass is 9.68. The molecule has 0 radical (unpaired) electrons. The molecule has 1 aromatic carbocycles. The Morgan fingerprint density at radius 3 is 2.79 bits per heavy atom. The molecule has 0 bridgehead atoms. The number of hydrogen-bond acceptors (Lipinski definition) is 1. The Morgan fingerprint density at radius 1 is 1.42 bits per heavy atom. The number of rotatable bonds is 2. The van der Waals surface area contributed by atoms with Gasteiger partial charge in [-0.1, -0.05) is 26.7 Å². The van der Waals surface area contributed by atoms with Crippen LogP contribution in [0.5, 0.6) is 0 Å². The Kier molecular flexibility index (Phi) is 4.29.